The molecule has 0 aliphatic carbocycles. The van der Waals surface area contributed by atoms with E-state index in [0.29, 0.717) is 21.2 Å². The Kier molecular flexibility index (Phi) is 3.55. The molecule has 0 spiro atoms. The quantitative estimate of drug-likeness (QED) is 0.893. The smallest absolute Gasteiger partial charge is 0.248 e. The zero-order valence-corrected chi connectivity index (χ0v) is 10.6. The van der Waals surface area contributed by atoms with Crippen LogP contribution in [0.2, 0.25) is 10.0 Å². The number of halogens is 3. The molecule has 0 radical (unpaired) electrons. The number of primary amides is 1. The van der Waals surface area contributed by atoms with Crippen LogP contribution in [0.5, 0.6) is 0 Å². The third kappa shape index (κ3) is 2.47. The van der Waals surface area contributed by atoms with Gasteiger partial charge in [0.25, 0.3) is 0 Å². The molecule has 5 heteroatoms. The van der Waals surface area contributed by atoms with Crippen molar-refractivity contribution in [1.82, 2.24) is 0 Å². The average molecular weight is 284 g/mol. The van der Waals surface area contributed by atoms with Crippen molar-refractivity contribution in [3.8, 4) is 11.1 Å². The molecule has 0 aromatic heterocycles. The molecule has 2 aromatic rings. The van der Waals surface area contributed by atoms with Gasteiger partial charge in [0.05, 0.1) is 0 Å². The molecular weight excluding hydrogens is 276 g/mol. The van der Waals surface area contributed by atoms with Gasteiger partial charge in [0.1, 0.15) is 5.82 Å². The van der Waals surface area contributed by atoms with E-state index < -0.39 is 11.7 Å². The summed E-state index contributed by atoms with van der Waals surface area (Å²) in [4.78, 5) is 10.9. The van der Waals surface area contributed by atoms with Gasteiger partial charge in [-0.15, -0.1) is 0 Å². The van der Waals surface area contributed by atoms with Gasteiger partial charge in [-0.25, -0.2) is 4.39 Å². The van der Waals surface area contributed by atoms with E-state index in [1.54, 1.807) is 12.1 Å². The molecule has 1 amide bonds. The van der Waals surface area contributed by atoms with Crippen LogP contribution >= 0.6 is 23.2 Å². The molecule has 2 rings (SSSR count). The SMILES string of the molecule is NC(=O)c1ccc(-c2ccc(Cl)cc2Cl)c(F)c1. The van der Waals surface area contributed by atoms with Crippen molar-refractivity contribution in [3.05, 3.63) is 57.8 Å². The highest BCUT2D eigenvalue weighted by Gasteiger charge is 2.11. The summed E-state index contributed by atoms with van der Waals surface area (Å²) < 4.78 is 13.9. The summed E-state index contributed by atoms with van der Waals surface area (Å²) in [6, 6.07) is 8.76. The lowest BCUT2D eigenvalue weighted by Crippen LogP contribution is -2.11. The van der Waals surface area contributed by atoms with Gasteiger partial charge in [-0.05, 0) is 24.3 Å². The highest BCUT2D eigenvalue weighted by Crippen LogP contribution is 2.32. The molecule has 0 bridgehead atoms. The minimum Gasteiger partial charge on any atom is -0.366 e. The standard InChI is InChI=1S/C13H8Cl2FNO/c14-8-2-4-9(11(15)6-8)10-3-1-7(13(17)18)5-12(10)16/h1-6H,(H2,17,18). The number of hydrogen-bond donors (Lipinski definition) is 1. The summed E-state index contributed by atoms with van der Waals surface area (Å²) in [6.07, 6.45) is 0. The van der Waals surface area contributed by atoms with Crippen LogP contribution in [0, 0.1) is 5.82 Å². The molecule has 0 heterocycles. The molecule has 2 nitrogen and oxygen atoms in total. The molecule has 2 aromatic carbocycles. The number of nitrogens with two attached hydrogens (primary N) is 1. The maximum Gasteiger partial charge on any atom is 0.248 e. The Labute approximate surface area is 113 Å². The van der Waals surface area contributed by atoms with E-state index in [-0.39, 0.29) is 5.56 Å². The average Bonchev–Trinajstić information content (AvgIpc) is 2.30. The number of hydrogen-bond acceptors (Lipinski definition) is 1. The molecule has 0 aliphatic rings. The highest BCUT2D eigenvalue weighted by molar-refractivity contribution is 6.36. The Morgan fingerprint density at radius 2 is 1.72 bits per heavy atom. The van der Waals surface area contributed by atoms with E-state index in [2.05, 4.69) is 0 Å². The second kappa shape index (κ2) is 4.96. The number of carbonyl (C=O) groups is 1. The van der Waals surface area contributed by atoms with Crippen LogP contribution in [0.15, 0.2) is 36.4 Å². The van der Waals surface area contributed by atoms with Gasteiger partial charge in [-0.1, -0.05) is 35.3 Å². The van der Waals surface area contributed by atoms with Crippen molar-refractivity contribution >= 4 is 29.1 Å². The second-order valence-corrected chi connectivity index (χ2v) is 4.53. The zero-order chi connectivity index (χ0) is 13.3. The molecule has 18 heavy (non-hydrogen) atoms. The predicted octanol–water partition coefficient (Wildman–Crippen LogP) is 3.90. The monoisotopic (exact) mass is 283 g/mol. The van der Waals surface area contributed by atoms with Crippen molar-refractivity contribution in [1.29, 1.82) is 0 Å². The number of amides is 1. The van der Waals surface area contributed by atoms with Gasteiger partial charge in [0, 0.05) is 26.7 Å². The van der Waals surface area contributed by atoms with Gasteiger partial charge in [0.2, 0.25) is 5.91 Å². The summed E-state index contributed by atoms with van der Waals surface area (Å²) in [5, 5.41) is 0.811. The van der Waals surface area contributed by atoms with Gasteiger partial charge in [-0.2, -0.15) is 0 Å². The first-order valence-electron chi connectivity index (χ1n) is 5.04. The van der Waals surface area contributed by atoms with Gasteiger partial charge < -0.3 is 5.73 Å². The molecule has 0 unspecified atom stereocenters. The minimum absolute atomic E-state index is 0.112. The lowest BCUT2D eigenvalue weighted by atomic mass is 10.0. The van der Waals surface area contributed by atoms with Crippen molar-refractivity contribution < 1.29 is 9.18 Å². The van der Waals surface area contributed by atoms with E-state index in [1.807, 2.05) is 0 Å². The molecule has 92 valence electrons. The molecule has 2 N–H and O–H groups in total. The first-order valence-corrected chi connectivity index (χ1v) is 5.79. The van der Waals surface area contributed by atoms with Crippen molar-refractivity contribution in [2.45, 2.75) is 0 Å². The van der Waals surface area contributed by atoms with Crippen LogP contribution in [0.4, 0.5) is 4.39 Å². The fraction of sp³-hybridized carbons (Fsp3) is 0. The Morgan fingerprint density at radius 3 is 2.28 bits per heavy atom. The first kappa shape index (κ1) is 12.9. The van der Waals surface area contributed by atoms with Gasteiger partial charge in [0.15, 0.2) is 0 Å². The summed E-state index contributed by atoms with van der Waals surface area (Å²) in [6.45, 7) is 0. The van der Waals surface area contributed by atoms with Crippen LogP contribution in [-0.4, -0.2) is 5.91 Å². The molecule has 0 aliphatic heterocycles. The van der Waals surface area contributed by atoms with Crippen LogP contribution in [0.1, 0.15) is 10.4 Å². The molecule has 0 atom stereocenters. The van der Waals surface area contributed by atoms with Crippen molar-refractivity contribution in [2.24, 2.45) is 5.73 Å². The second-order valence-electron chi connectivity index (χ2n) is 3.68. The Bertz CT molecular complexity index is 628. The van der Waals surface area contributed by atoms with E-state index in [0.717, 1.165) is 6.07 Å². The first-order chi connectivity index (χ1) is 8.49. The molecule has 0 saturated carbocycles. The van der Waals surface area contributed by atoms with Crippen molar-refractivity contribution in [3.63, 3.8) is 0 Å². The molecular formula is C13H8Cl2FNO. The topological polar surface area (TPSA) is 43.1 Å². The lowest BCUT2D eigenvalue weighted by molar-refractivity contribution is 0.1000. The highest BCUT2D eigenvalue weighted by atomic mass is 35.5. The maximum atomic E-state index is 13.9. The van der Waals surface area contributed by atoms with Crippen LogP contribution in [0.25, 0.3) is 11.1 Å². The van der Waals surface area contributed by atoms with E-state index in [1.165, 1.54) is 18.2 Å². The van der Waals surface area contributed by atoms with E-state index >= 15 is 0 Å². The van der Waals surface area contributed by atoms with Gasteiger partial charge >= 0.3 is 0 Å². The van der Waals surface area contributed by atoms with Crippen LogP contribution < -0.4 is 5.73 Å². The summed E-state index contributed by atoms with van der Waals surface area (Å²) in [7, 11) is 0. The van der Waals surface area contributed by atoms with Crippen LogP contribution in [-0.2, 0) is 0 Å². The van der Waals surface area contributed by atoms with Gasteiger partial charge in [-0.3, -0.25) is 4.79 Å². The number of rotatable bonds is 2. The van der Waals surface area contributed by atoms with E-state index in [4.69, 9.17) is 28.9 Å². The Hall–Kier alpha value is -1.58. The number of benzene rings is 2. The van der Waals surface area contributed by atoms with Crippen molar-refractivity contribution in [2.75, 3.05) is 0 Å². The number of carbonyl (C=O) groups excluding carboxylic acids is 1. The Balaban J connectivity index is 2.54. The molecule has 0 fully saturated rings. The molecule has 0 saturated heterocycles. The predicted molar refractivity (Wildman–Crippen MR) is 70.4 cm³/mol. The lowest BCUT2D eigenvalue weighted by Gasteiger charge is -2.07. The maximum absolute atomic E-state index is 13.9. The summed E-state index contributed by atoms with van der Waals surface area (Å²) >= 11 is 11.8. The fourth-order valence-electron chi connectivity index (χ4n) is 1.59. The zero-order valence-electron chi connectivity index (χ0n) is 9.08. The van der Waals surface area contributed by atoms with E-state index in [9.17, 15) is 9.18 Å². The van der Waals surface area contributed by atoms with Crippen LogP contribution in [0.3, 0.4) is 0 Å². The minimum atomic E-state index is -0.678. The third-order valence-corrected chi connectivity index (χ3v) is 3.02. The fourth-order valence-corrected chi connectivity index (χ4v) is 2.11. The Morgan fingerprint density at radius 1 is 1.06 bits per heavy atom. The normalized spacial score (nSPS) is 10.4. The third-order valence-electron chi connectivity index (χ3n) is 2.47. The summed E-state index contributed by atoms with van der Waals surface area (Å²) in [5.41, 5.74) is 5.99. The summed E-state index contributed by atoms with van der Waals surface area (Å²) in [5.74, 6) is -1.24. The largest absolute Gasteiger partial charge is 0.366 e.